The molecular formula is C16H20N2O2. The first-order valence-electron chi connectivity index (χ1n) is 6.68. The Labute approximate surface area is 119 Å². The third-order valence-corrected chi connectivity index (χ3v) is 3.13. The molecule has 0 radical (unpaired) electrons. The fourth-order valence-electron chi connectivity index (χ4n) is 1.96. The second-order valence-electron chi connectivity index (χ2n) is 4.69. The number of rotatable bonds is 6. The van der Waals surface area contributed by atoms with E-state index in [2.05, 4.69) is 22.4 Å². The Kier molecular flexibility index (Phi) is 4.96. The number of benzene rings is 1. The highest BCUT2D eigenvalue weighted by molar-refractivity contribution is 5.28. The Bertz CT molecular complexity index is 553. The van der Waals surface area contributed by atoms with Crippen molar-refractivity contribution in [1.82, 2.24) is 10.3 Å². The van der Waals surface area contributed by atoms with Crippen molar-refractivity contribution in [3.8, 4) is 11.5 Å². The van der Waals surface area contributed by atoms with Gasteiger partial charge in [-0.15, -0.1) is 0 Å². The minimum Gasteiger partial charge on any atom is -0.506 e. The molecule has 0 fully saturated rings. The van der Waals surface area contributed by atoms with Gasteiger partial charge in [-0.3, -0.25) is 4.98 Å². The quantitative estimate of drug-likeness (QED) is 0.793. The molecule has 2 aromatic rings. The topological polar surface area (TPSA) is 54.4 Å². The number of nitrogens with zero attached hydrogens (tertiary/aromatic N) is 1. The number of ether oxygens (including phenoxy) is 1. The van der Waals surface area contributed by atoms with Gasteiger partial charge in [0.25, 0.3) is 0 Å². The average Bonchev–Trinajstić information content (AvgIpc) is 2.47. The molecule has 4 nitrogen and oxygen atoms in total. The van der Waals surface area contributed by atoms with Gasteiger partial charge in [0.05, 0.1) is 12.8 Å². The van der Waals surface area contributed by atoms with Crippen molar-refractivity contribution < 1.29 is 9.84 Å². The normalized spacial score (nSPS) is 10.5. The number of hydrogen-bond acceptors (Lipinski definition) is 4. The van der Waals surface area contributed by atoms with E-state index >= 15 is 0 Å². The summed E-state index contributed by atoms with van der Waals surface area (Å²) in [6.07, 6.45) is 0.927. The molecule has 0 spiro atoms. The summed E-state index contributed by atoms with van der Waals surface area (Å²) >= 11 is 0. The van der Waals surface area contributed by atoms with Crippen molar-refractivity contribution in [3.05, 3.63) is 53.3 Å². The van der Waals surface area contributed by atoms with E-state index in [4.69, 9.17) is 4.74 Å². The molecule has 0 unspecified atom stereocenters. The van der Waals surface area contributed by atoms with Gasteiger partial charge >= 0.3 is 0 Å². The van der Waals surface area contributed by atoms with Gasteiger partial charge in [-0.1, -0.05) is 12.1 Å². The van der Waals surface area contributed by atoms with E-state index in [9.17, 15) is 5.11 Å². The molecular weight excluding hydrogens is 252 g/mol. The first-order valence-corrected chi connectivity index (χ1v) is 6.68. The standard InChI is InChI=1S/C16H20N2O2/c1-12-3-8-16(19)15(18-12)11-17-10-9-13-4-6-14(20-2)7-5-13/h3-8,17,19H,9-11H2,1-2H3. The lowest BCUT2D eigenvalue weighted by Gasteiger charge is -2.07. The van der Waals surface area contributed by atoms with Gasteiger partial charge in [-0.05, 0) is 49.7 Å². The van der Waals surface area contributed by atoms with Crippen molar-refractivity contribution in [2.45, 2.75) is 19.9 Å². The predicted molar refractivity (Wildman–Crippen MR) is 79.0 cm³/mol. The van der Waals surface area contributed by atoms with Crippen LogP contribution in [0, 0.1) is 6.92 Å². The summed E-state index contributed by atoms with van der Waals surface area (Å²) in [5.41, 5.74) is 2.86. The number of hydrogen-bond donors (Lipinski definition) is 2. The second kappa shape index (κ2) is 6.91. The lowest BCUT2D eigenvalue weighted by molar-refractivity contribution is 0.414. The zero-order chi connectivity index (χ0) is 14.4. The molecule has 0 aliphatic carbocycles. The second-order valence-corrected chi connectivity index (χ2v) is 4.69. The Balaban J connectivity index is 1.79. The van der Waals surface area contributed by atoms with Crippen LogP contribution in [0.5, 0.6) is 11.5 Å². The maximum Gasteiger partial charge on any atom is 0.138 e. The van der Waals surface area contributed by atoms with Crippen LogP contribution in [0.2, 0.25) is 0 Å². The van der Waals surface area contributed by atoms with Crippen molar-refractivity contribution in [2.24, 2.45) is 0 Å². The number of nitrogens with one attached hydrogen (secondary N) is 1. The van der Waals surface area contributed by atoms with E-state index in [1.54, 1.807) is 19.2 Å². The van der Waals surface area contributed by atoms with E-state index in [0.29, 0.717) is 12.2 Å². The molecule has 1 aromatic carbocycles. The molecule has 0 atom stereocenters. The van der Waals surface area contributed by atoms with Gasteiger partial charge < -0.3 is 15.2 Å². The molecule has 0 aliphatic heterocycles. The number of methoxy groups -OCH3 is 1. The van der Waals surface area contributed by atoms with E-state index in [1.165, 1.54) is 5.56 Å². The molecule has 0 amide bonds. The van der Waals surface area contributed by atoms with Crippen molar-refractivity contribution in [2.75, 3.05) is 13.7 Å². The smallest absolute Gasteiger partial charge is 0.138 e. The summed E-state index contributed by atoms with van der Waals surface area (Å²) in [4.78, 5) is 4.31. The Morgan fingerprint density at radius 1 is 1.15 bits per heavy atom. The third kappa shape index (κ3) is 3.96. The lowest BCUT2D eigenvalue weighted by atomic mass is 10.1. The molecule has 0 saturated carbocycles. The molecule has 1 aromatic heterocycles. The third-order valence-electron chi connectivity index (χ3n) is 3.13. The lowest BCUT2D eigenvalue weighted by Crippen LogP contribution is -2.17. The first kappa shape index (κ1) is 14.3. The molecule has 20 heavy (non-hydrogen) atoms. The van der Waals surface area contributed by atoms with Crippen LogP contribution in [0.15, 0.2) is 36.4 Å². The first-order chi connectivity index (χ1) is 9.69. The number of aromatic hydroxyl groups is 1. The van der Waals surface area contributed by atoms with E-state index < -0.39 is 0 Å². The summed E-state index contributed by atoms with van der Waals surface area (Å²) in [5.74, 6) is 1.11. The van der Waals surface area contributed by atoms with Crippen LogP contribution in [0.25, 0.3) is 0 Å². The van der Waals surface area contributed by atoms with Crippen molar-refractivity contribution >= 4 is 0 Å². The SMILES string of the molecule is COc1ccc(CCNCc2nc(C)ccc2O)cc1. The zero-order valence-electron chi connectivity index (χ0n) is 11.9. The average molecular weight is 272 g/mol. The number of aryl methyl sites for hydroxylation is 1. The van der Waals surface area contributed by atoms with E-state index in [0.717, 1.165) is 24.4 Å². The predicted octanol–water partition coefficient (Wildman–Crippen LogP) is 2.44. The molecule has 106 valence electrons. The van der Waals surface area contributed by atoms with Crippen LogP contribution >= 0.6 is 0 Å². The highest BCUT2D eigenvalue weighted by Crippen LogP contribution is 2.14. The fraction of sp³-hybridized carbons (Fsp3) is 0.312. The van der Waals surface area contributed by atoms with Crippen molar-refractivity contribution in [1.29, 1.82) is 0 Å². The molecule has 4 heteroatoms. The maximum absolute atomic E-state index is 9.69. The van der Waals surface area contributed by atoms with E-state index in [1.807, 2.05) is 19.1 Å². The Morgan fingerprint density at radius 3 is 2.60 bits per heavy atom. The van der Waals surface area contributed by atoms with E-state index in [-0.39, 0.29) is 5.75 Å². The minimum absolute atomic E-state index is 0.243. The molecule has 0 saturated heterocycles. The summed E-state index contributed by atoms with van der Waals surface area (Å²) in [6.45, 7) is 3.32. The van der Waals surface area contributed by atoms with Gasteiger partial charge in [0, 0.05) is 12.2 Å². The molecule has 0 bridgehead atoms. The molecule has 1 heterocycles. The van der Waals surface area contributed by atoms with Crippen LogP contribution in [0.4, 0.5) is 0 Å². The van der Waals surface area contributed by atoms with Crippen LogP contribution in [-0.4, -0.2) is 23.7 Å². The minimum atomic E-state index is 0.243. The van der Waals surface area contributed by atoms with Crippen LogP contribution in [0.3, 0.4) is 0 Å². The largest absolute Gasteiger partial charge is 0.506 e. The molecule has 0 aliphatic rings. The van der Waals surface area contributed by atoms with Crippen LogP contribution in [-0.2, 0) is 13.0 Å². The van der Waals surface area contributed by atoms with Gasteiger partial charge in [0.1, 0.15) is 11.5 Å². The Hall–Kier alpha value is -2.07. The van der Waals surface area contributed by atoms with Gasteiger partial charge in [0.2, 0.25) is 0 Å². The molecule has 2 N–H and O–H groups in total. The number of pyridine rings is 1. The van der Waals surface area contributed by atoms with Crippen LogP contribution in [0.1, 0.15) is 17.0 Å². The Morgan fingerprint density at radius 2 is 1.90 bits per heavy atom. The van der Waals surface area contributed by atoms with Gasteiger partial charge in [-0.25, -0.2) is 0 Å². The monoisotopic (exact) mass is 272 g/mol. The van der Waals surface area contributed by atoms with Gasteiger partial charge in [-0.2, -0.15) is 0 Å². The summed E-state index contributed by atoms with van der Waals surface area (Å²) in [7, 11) is 1.66. The summed E-state index contributed by atoms with van der Waals surface area (Å²) < 4.78 is 5.13. The highest BCUT2D eigenvalue weighted by atomic mass is 16.5. The summed E-state index contributed by atoms with van der Waals surface area (Å²) in [6, 6.07) is 11.5. The maximum atomic E-state index is 9.69. The summed E-state index contributed by atoms with van der Waals surface area (Å²) in [5, 5.41) is 13.0. The van der Waals surface area contributed by atoms with Gasteiger partial charge in [0.15, 0.2) is 0 Å². The van der Waals surface area contributed by atoms with Crippen molar-refractivity contribution in [3.63, 3.8) is 0 Å². The number of aromatic nitrogens is 1. The molecule has 2 rings (SSSR count). The fourth-order valence-corrected chi connectivity index (χ4v) is 1.96. The highest BCUT2D eigenvalue weighted by Gasteiger charge is 2.02. The zero-order valence-corrected chi connectivity index (χ0v) is 11.9. The van der Waals surface area contributed by atoms with Crippen LogP contribution < -0.4 is 10.1 Å².